The van der Waals surface area contributed by atoms with Gasteiger partial charge in [-0.05, 0) is 22.9 Å². The predicted octanol–water partition coefficient (Wildman–Crippen LogP) is 3.24. The van der Waals surface area contributed by atoms with Gasteiger partial charge in [-0.15, -0.1) is 11.3 Å². The fraction of sp³-hybridized carbons (Fsp3) is 0. The number of rotatable bonds is 1. The van der Waals surface area contributed by atoms with Crippen LogP contribution in [0.4, 0.5) is 0 Å². The van der Waals surface area contributed by atoms with Crippen LogP contribution in [0.25, 0.3) is 10.1 Å². The van der Waals surface area contributed by atoms with Gasteiger partial charge in [0.1, 0.15) is 6.07 Å². The number of fused-ring (bicyclic) bond motifs is 1. The minimum Gasteiger partial charge on any atom is -0.298 e. The van der Waals surface area contributed by atoms with E-state index in [-0.39, 0.29) is 5.56 Å². The molecule has 0 fully saturated rings. The Bertz CT molecular complexity index is 553. The maximum absolute atomic E-state index is 10.7. The Morgan fingerprint density at radius 1 is 1.57 bits per heavy atom. The number of hydrogen-bond acceptors (Lipinski definition) is 3. The second kappa shape index (κ2) is 3.41. The molecule has 1 heterocycles. The van der Waals surface area contributed by atoms with Crippen LogP contribution >= 0.6 is 22.9 Å². The first-order valence-corrected chi connectivity index (χ1v) is 5.08. The topological polar surface area (TPSA) is 40.9 Å². The molecule has 0 bridgehead atoms. The molecular weight excluding hydrogens is 218 g/mol. The lowest BCUT2D eigenvalue weighted by Gasteiger charge is -1.99. The van der Waals surface area contributed by atoms with Crippen molar-refractivity contribution in [3.63, 3.8) is 0 Å². The Morgan fingerprint density at radius 3 is 3.00 bits per heavy atom. The van der Waals surface area contributed by atoms with Gasteiger partial charge in [0.25, 0.3) is 0 Å². The van der Waals surface area contributed by atoms with Gasteiger partial charge in [-0.3, -0.25) is 4.79 Å². The molecule has 1 aromatic heterocycles. The van der Waals surface area contributed by atoms with Crippen molar-refractivity contribution < 1.29 is 4.79 Å². The summed E-state index contributed by atoms with van der Waals surface area (Å²) < 4.78 is 0.855. The van der Waals surface area contributed by atoms with Gasteiger partial charge < -0.3 is 0 Å². The van der Waals surface area contributed by atoms with E-state index in [0.717, 1.165) is 10.1 Å². The molecule has 0 atom stereocenters. The lowest BCUT2D eigenvalue weighted by atomic mass is 10.1. The molecule has 4 heteroatoms. The van der Waals surface area contributed by atoms with Crippen LogP contribution in [0.2, 0.25) is 5.02 Å². The third-order valence-electron chi connectivity index (χ3n) is 1.95. The molecule has 0 radical (unpaired) electrons. The van der Waals surface area contributed by atoms with Gasteiger partial charge in [-0.25, -0.2) is 0 Å². The van der Waals surface area contributed by atoms with Crippen LogP contribution in [0.1, 0.15) is 15.9 Å². The largest absolute Gasteiger partial charge is 0.298 e. The normalized spacial score (nSPS) is 10.0. The first-order valence-electron chi connectivity index (χ1n) is 3.83. The summed E-state index contributed by atoms with van der Waals surface area (Å²) in [6.45, 7) is 0. The maximum Gasteiger partial charge on any atom is 0.151 e. The number of aldehydes is 1. The van der Waals surface area contributed by atoms with E-state index in [0.29, 0.717) is 16.9 Å². The minimum atomic E-state index is 0.261. The van der Waals surface area contributed by atoms with Crippen LogP contribution < -0.4 is 0 Å². The summed E-state index contributed by atoms with van der Waals surface area (Å²) in [5, 5.41) is 12.0. The maximum atomic E-state index is 10.7. The smallest absolute Gasteiger partial charge is 0.151 e. The molecule has 0 aliphatic carbocycles. The number of carbonyl (C=O) groups is 1. The summed E-state index contributed by atoms with van der Waals surface area (Å²) in [6, 6.07) is 5.50. The van der Waals surface area contributed by atoms with E-state index < -0.39 is 0 Å². The Hall–Kier alpha value is -1.37. The van der Waals surface area contributed by atoms with Gasteiger partial charge in [-0.1, -0.05) is 11.6 Å². The van der Waals surface area contributed by atoms with E-state index in [1.807, 2.05) is 17.5 Å². The van der Waals surface area contributed by atoms with E-state index in [9.17, 15) is 4.79 Å². The molecule has 0 spiro atoms. The van der Waals surface area contributed by atoms with Crippen LogP contribution in [-0.2, 0) is 0 Å². The van der Waals surface area contributed by atoms with Crippen LogP contribution in [0.15, 0.2) is 17.5 Å². The van der Waals surface area contributed by atoms with Crippen molar-refractivity contribution in [2.24, 2.45) is 0 Å². The van der Waals surface area contributed by atoms with E-state index >= 15 is 0 Å². The molecule has 0 saturated heterocycles. The second-order valence-electron chi connectivity index (χ2n) is 2.72. The fourth-order valence-electron chi connectivity index (χ4n) is 1.30. The monoisotopic (exact) mass is 221 g/mol. The van der Waals surface area contributed by atoms with E-state index in [2.05, 4.69) is 0 Å². The van der Waals surface area contributed by atoms with Gasteiger partial charge in [0.05, 0.1) is 15.3 Å². The second-order valence-corrected chi connectivity index (χ2v) is 4.02. The van der Waals surface area contributed by atoms with Crippen molar-refractivity contribution in [1.82, 2.24) is 0 Å². The summed E-state index contributed by atoms with van der Waals surface area (Å²) in [6.07, 6.45) is 0.654. The van der Waals surface area contributed by atoms with Crippen molar-refractivity contribution in [2.75, 3.05) is 0 Å². The van der Waals surface area contributed by atoms with Crippen molar-refractivity contribution in [2.45, 2.75) is 0 Å². The number of hydrogen-bond donors (Lipinski definition) is 0. The summed E-state index contributed by atoms with van der Waals surface area (Å²) >= 11 is 7.46. The average molecular weight is 222 g/mol. The lowest BCUT2D eigenvalue weighted by Crippen LogP contribution is -1.88. The zero-order valence-corrected chi connectivity index (χ0v) is 8.52. The molecule has 14 heavy (non-hydrogen) atoms. The van der Waals surface area contributed by atoms with Crippen molar-refractivity contribution in [1.29, 1.82) is 5.26 Å². The van der Waals surface area contributed by atoms with Crippen molar-refractivity contribution >= 4 is 39.3 Å². The molecule has 0 N–H and O–H groups in total. The molecule has 2 aromatic rings. The number of carbonyl (C=O) groups excluding carboxylic acids is 1. The Labute approximate surface area is 89.3 Å². The highest BCUT2D eigenvalue weighted by molar-refractivity contribution is 7.17. The zero-order chi connectivity index (χ0) is 10.1. The van der Waals surface area contributed by atoms with Crippen LogP contribution in [-0.4, -0.2) is 6.29 Å². The molecule has 2 rings (SSSR count). The minimum absolute atomic E-state index is 0.261. The van der Waals surface area contributed by atoms with Gasteiger partial charge in [0, 0.05) is 5.56 Å². The van der Waals surface area contributed by atoms with E-state index in [1.54, 1.807) is 6.07 Å². The van der Waals surface area contributed by atoms with Crippen LogP contribution in [0, 0.1) is 11.3 Å². The molecular formula is C10H4ClNOS. The predicted molar refractivity (Wildman–Crippen MR) is 56.9 cm³/mol. The SMILES string of the molecule is N#Cc1c(C=O)cc2ccsc2c1Cl. The summed E-state index contributed by atoms with van der Waals surface area (Å²) in [5.74, 6) is 0. The van der Waals surface area contributed by atoms with Crippen LogP contribution in [0.5, 0.6) is 0 Å². The van der Waals surface area contributed by atoms with E-state index in [1.165, 1.54) is 11.3 Å². The van der Waals surface area contributed by atoms with Crippen molar-refractivity contribution in [3.8, 4) is 6.07 Å². The van der Waals surface area contributed by atoms with E-state index in [4.69, 9.17) is 16.9 Å². The van der Waals surface area contributed by atoms with Crippen molar-refractivity contribution in [3.05, 3.63) is 33.7 Å². The molecule has 0 aliphatic rings. The highest BCUT2D eigenvalue weighted by Crippen LogP contribution is 2.33. The number of nitriles is 1. The number of halogens is 1. The summed E-state index contributed by atoms with van der Waals surface area (Å²) in [7, 11) is 0. The number of thiophene rings is 1. The quantitative estimate of drug-likeness (QED) is 0.694. The molecule has 0 unspecified atom stereocenters. The Morgan fingerprint density at radius 2 is 2.36 bits per heavy atom. The Kier molecular flexibility index (Phi) is 2.24. The fourth-order valence-corrected chi connectivity index (χ4v) is 2.51. The standard InChI is InChI=1S/C10H4ClNOS/c11-9-8(4-12)7(5-13)3-6-1-2-14-10(6)9/h1-3,5H. The average Bonchev–Trinajstić information content (AvgIpc) is 2.65. The summed E-state index contributed by atoms with van der Waals surface area (Å²) in [4.78, 5) is 10.7. The first-order chi connectivity index (χ1) is 6.77. The van der Waals surface area contributed by atoms with Gasteiger partial charge in [-0.2, -0.15) is 5.26 Å². The first kappa shape index (κ1) is 9.20. The number of benzene rings is 1. The lowest BCUT2D eigenvalue weighted by molar-refractivity contribution is 0.112. The highest BCUT2D eigenvalue weighted by atomic mass is 35.5. The summed E-state index contributed by atoms with van der Waals surface area (Å²) in [5.41, 5.74) is 0.611. The van der Waals surface area contributed by atoms with Gasteiger partial charge in [0.15, 0.2) is 6.29 Å². The third-order valence-corrected chi connectivity index (χ3v) is 3.39. The highest BCUT2D eigenvalue weighted by Gasteiger charge is 2.11. The Balaban J connectivity index is 2.94. The van der Waals surface area contributed by atoms with Gasteiger partial charge >= 0.3 is 0 Å². The number of nitrogens with zero attached hydrogens (tertiary/aromatic N) is 1. The molecule has 2 nitrogen and oxygen atoms in total. The molecule has 0 aliphatic heterocycles. The molecule has 68 valence electrons. The third kappa shape index (κ3) is 1.20. The van der Waals surface area contributed by atoms with Crippen LogP contribution in [0.3, 0.4) is 0 Å². The molecule has 0 saturated carbocycles. The molecule has 0 amide bonds. The molecule has 1 aromatic carbocycles. The van der Waals surface area contributed by atoms with Gasteiger partial charge in [0.2, 0.25) is 0 Å². The zero-order valence-electron chi connectivity index (χ0n) is 6.95.